The van der Waals surface area contributed by atoms with Gasteiger partial charge in [-0.15, -0.1) is 0 Å². The first-order valence-corrected chi connectivity index (χ1v) is 10.5. The molecule has 1 saturated carbocycles. The minimum atomic E-state index is -1.92. The highest BCUT2D eigenvalue weighted by molar-refractivity contribution is 7.78. The second-order valence-electron chi connectivity index (χ2n) is 7.21. The van der Waals surface area contributed by atoms with Crippen LogP contribution in [0.2, 0.25) is 0 Å². The highest BCUT2D eigenvalue weighted by Gasteiger charge is 2.28. The van der Waals surface area contributed by atoms with Crippen LogP contribution in [0.25, 0.3) is 0 Å². The number of nitrogens with one attached hydrogen (secondary N) is 3. The van der Waals surface area contributed by atoms with Crippen LogP contribution in [0.4, 0.5) is 17.3 Å². The average molecular weight is 401 g/mol. The van der Waals surface area contributed by atoms with E-state index in [9.17, 15) is 9.00 Å². The zero-order valence-corrected chi connectivity index (χ0v) is 16.1. The first kappa shape index (κ1) is 18.9. The molecule has 6 N–H and O–H groups in total. The smallest absolute Gasteiger partial charge is 0.255 e. The van der Waals surface area contributed by atoms with Crippen molar-refractivity contribution in [2.45, 2.75) is 43.6 Å². The van der Waals surface area contributed by atoms with E-state index in [1.165, 1.54) is 0 Å². The molecule has 2 heterocycles. The molecule has 1 aromatic heterocycles. The van der Waals surface area contributed by atoms with Gasteiger partial charge < -0.3 is 26.2 Å². The number of amides is 1. The number of rotatable bonds is 6. The van der Waals surface area contributed by atoms with Crippen molar-refractivity contribution in [1.82, 2.24) is 10.3 Å². The van der Waals surface area contributed by atoms with E-state index in [2.05, 4.69) is 20.9 Å². The van der Waals surface area contributed by atoms with Gasteiger partial charge in [-0.25, -0.2) is 9.19 Å². The predicted molar refractivity (Wildman–Crippen MR) is 109 cm³/mol. The van der Waals surface area contributed by atoms with Gasteiger partial charge in [-0.2, -0.15) is 0 Å². The number of carbonyl (C=O) groups is 1. The summed E-state index contributed by atoms with van der Waals surface area (Å²) in [6, 6.07) is 9.36. The number of hydrogen-bond acceptors (Lipinski definition) is 6. The van der Waals surface area contributed by atoms with Gasteiger partial charge in [-0.3, -0.25) is 4.79 Å². The van der Waals surface area contributed by atoms with Crippen molar-refractivity contribution in [3.05, 3.63) is 47.0 Å². The molecule has 0 radical (unpaired) electrons. The van der Waals surface area contributed by atoms with Crippen LogP contribution in [-0.4, -0.2) is 31.7 Å². The van der Waals surface area contributed by atoms with E-state index in [0.717, 1.165) is 30.4 Å². The summed E-state index contributed by atoms with van der Waals surface area (Å²) >= 11 is -1.92. The maximum Gasteiger partial charge on any atom is 0.255 e. The van der Waals surface area contributed by atoms with Crippen molar-refractivity contribution in [3.8, 4) is 0 Å². The number of fused-ring (bicyclic) bond motifs is 1. The fourth-order valence-electron chi connectivity index (χ4n) is 3.80. The zero-order chi connectivity index (χ0) is 19.7. The molecule has 1 aliphatic carbocycles. The Morgan fingerprint density at radius 3 is 2.93 bits per heavy atom. The number of hydrogen-bond donors (Lipinski definition) is 5. The van der Waals surface area contributed by atoms with Gasteiger partial charge in [0.15, 0.2) is 11.1 Å². The Balaban J connectivity index is 1.64. The monoisotopic (exact) mass is 401 g/mol. The van der Waals surface area contributed by atoms with Crippen LogP contribution < -0.4 is 21.7 Å². The molecule has 1 fully saturated rings. The van der Waals surface area contributed by atoms with Crippen molar-refractivity contribution >= 4 is 34.3 Å². The van der Waals surface area contributed by atoms with Gasteiger partial charge in [0.25, 0.3) is 5.91 Å². The largest absolute Gasteiger partial charge is 0.366 e. The van der Waals surface area contributed by atoms with Crippen molar-refractivity contribution in [2.24, 2.45) is 5.73 Å². The molecule has 2 aliphatic rings. The Labute approximate surface area is 165 Å². The molecule has 1 unspecified atom stereocenters. The lowest BCUT2D eigenvalue weighted by Gasteiger charge is -2.19. The van der Waals surface area contributed by atoms with Crippen molar-refractivity contribution in [1.29, 1.82) is 0 Å². The molecule has 2 aromatic rings. The third-order valence-corrected chi connectivity index (χ3v) is 5.73. The van der Waals surface area contributed by atoms with Crippen molar-refractivity contribution in [3.63, 3.8) is 0 Å². The molecule has 0 saturated heterocycles. The number of nitrogens with two attached hydrogens (primary N) is 1. The second-order valence-corrected chi connectivity index (χ2v) is 8.14. The third kappa shape index (κ3) is 4.01. The number of nitrogens with zero attached hydrogens (tertiary/aromatic N) is 1. The van der Waals surface area contributed by atoms with Gasteiger partial charge in [-0.1, -0.05) is 12.1 Å². The Kier molecular flexibility index (Phi) is 5.29. The number of aromatic nitrogens is 1. The van der Waals surface area contributed by atoms with E-state index in [4.69, 9.17) is 10.3 Å². The summed E-state index contributed by atoms with van der Waals surface area (Å²) in [6.07, 6.45) is 3.08. The van der Waals surface area contributed by atoms with Crippen LogP contribution in [0, 0.1) is 0 Å². The first-order chi connectivity index (χ1) is 13.5. The van der Waals surface area contributed by atoms with Gasteiger partial charge in [0.1, 0.15) is 11.6 Å². The van der Waals surface area contributed by atoms with Crippen LogP contribution in [0.15, 0.2) is 30.3 Å². The van der Waals surface area contributed by atoms with Gasteiger partial charge in [0.05, 0.1) is 11.3 Å². The summed E-state index contributed by atoms with van der Waals surface area (Å²) in [4.78, 5) is 16.9. The van der Waals surface area contributed by atoms with E-state index >= 15 is 0 Å². The summed E-state index contributed by atoms with van der Waals surface area (Å²) in [5, 5.41) is 9.45. The minimum absolute atomic E-state index is 0.0444. The van der Waals surface area contributed by atoms with Crippen molar-refractivity contribution in [2.75, 3.05) is 10.6 Å². The van der Waals surface area contributed by atoms with Crippen LogP contribution in [0.3, 0.4) is 0 Å². The molecule has 1 aromatic carbocycles. The van der Waals surface area contributed by atoms with Gasteiger partial charge >= 0.3 is 0 Å². The fourth-order valence-corrected chi connectivity index (χ4v) is 4.26. The Hall–Kier alpha value is -2.49. The van der Waals surface area contributed by atoms with E-state index in [1.807, 2.05) is 12.1 Å². The second kappa shape index (κ2) is 7.86. The van der Waals surface area contributed by atoms with E-state index in [0.29, 0.717) is 29.4 Å². The predicted octanol–water partition coefficient (Wildman–Crippen LogP) is 2.08. The van der Waals surface area contributed by atoms with Gasteiger partial charge in [0, 0.05) is 24.3 Å². The lowest BCUT2D eigenvalue weighted by atomic mass is 10.1. The normalized spacial score (nSPS) is 21.9. The molecule has 9 heteroatoms. The molecular formula is C19H23N5O3S. The van der Waals surface area contributed by atoms with E-state index < -0.39 is 11.1 Å². The molecule has 1 amide bonds. The standard InChI is InChI=1S/C19H23N5O3S/c20-14-5-2-6-15(14)23-16-8-12-9-21-19(25)17(12)18(24-16)22-13-4-1-3-11(7-13)10-28(26)27/h1,3-4,7-8,14-15H,2,5-6,9-10,20H2,(H,21,25)(H,26,27)(H2,22,23,24)/t14-,15+/m0/s1. The van der Waals surface area contributed by atoms with Crippen molar-refractivity contribution < 1.29 is 13.6 Å². The molecule has 28 heavy (non-hydrogen) atoms. The highest BCUT2D eigenvalue weighted by atomic mass is 32.2. The number of carbonyl (C=O) groups excluding carboxylic acids is 1. The van der Waals surface area contributed by atoms with Crippen LogP contribution >= 0.6 is 0 Å². The maximum absolute atomic E-state index is 12.3. The molecule has 3 atom stereocenters. The Bertz CT molecular complexity index is 936. The molecule has 0 bridgehead atoms. The summed E-state index contributed by atoms with van der Waals surface area (Å²) in [6.45, 7) is 0.459. The Morgan fingerprint density at radius 1 is 1.32 bits per heavy atom. The minimum Gasteiger partial charge on any atom is -0.366 e. The molecular weight excluding hydrogens is 378 g/mol. The summed E-state index contributed by atoms with van der Waals surface area (Å²) in [7, 11) is 0. The molecule has 148 valence electrons. The number of anilines is 3. The first-order valence-electron chi connectivity index (χ1n) is 9.27. The molecule has 4 rings (SSSR count). The van der Waals surface area contributed by atoms with E-state index in [1.54, 1.807) is 18.2 Å². The van der Waals surface area contributed by atoms with Gasteiger partial charge in [-0.05, 0) is 48.6 Å². The third-order valence-electron chi connectivity index (χ3n) is 5.15. The van der Waals surface area contributed by atoms with Crippen LogP contribution in [0.1, 0.15) is 40.7 Å². The topological polar surface area (TPSA) is 129 Å². The Morgan fingerprint density at radius 2 is 2.18 bits per heavy atom. The maximum atomic E-state index is 12.3. The summed E-state index contributed by atoms with van der Waals surface area (Å²) < 4.78 is 20.2. The molecule has 0 spiro atoms. The van der Waals surface area contributed by atoms with E-state index in [-0.39, 0.29) is 23.7 Å². The number of benzene rings is 1. The lowest BCUT2D eigenvalue weighted by molar-refractivity contribution is 0.0966. The summed E-state index contributed by atoms with van der Waals surface area (Å²) in [5.74, 6) is 1.03. The average Bonchev–Trinajstić information content (AvgIpc) is 3.21. The molecule has 8 nitrogen and oxygen atoms in total. The van der Waals surface area contributed by atoms with Crippen LogP contribution in [0.5, 0.6) is 0 Å². The molecule has 1 aliphatic heterocycles. The zero-order valence-electron chi connectivity index (χ0n) is 15.3. The SMILES string of the molecule is N[C@H]1CCC[C@H]1Nc1cc2c(c(Nc3cccc(CS(=O)O)c3)n1)C(=O)NC2. The van der Waals surface area contributed by atoms with Gasteiger partial charge in [0.2, 0.25) is 0 Å². The summed E-state index contributed by atoms with van der Waals surface area (Å²) in [5.41, 5.74) is 8.99. The van der Waals surface area contributed by atoms with Crippen LogP contribution in [-0.2, 0) is 23.4 Å². The fraction of sp³-hybridized carbons (Fsp3) is 0.368. The lowest BCUT2D eigenvalue weighted by Crippen LogP contribution is -2.35. The quantitative estimate of drug-likeness (QED) is 0.469. The number of pyridine rings is 1. The highest BCUT2D eigenvalue weighted by Crippen LogP contribution is 2.30.